The maximum absolute atomic E-state index is 12.9. The van der Waals surface area contributed by atoms with Gasteiger partial charge in [0, 0.05) is 5.41 Å². The van der Waals surface area contributed by atoms with Gasteiger partial charge < -0.3 is 4.74 Å². The second-order valence-corrected chi connectivity index (χ2v) is 10.1. The Labute approximate surface area is 159 Å². The highest BCUT2D eigenvalue weighted by Gasteiger charge is 2.69. The van der Waals surface area contributed by atoms with E-state index < -0.39 is 0 Å². The third-order valence-electron chi connectivity index (χ3n) is 9.48. The van der Waals surface area contributed by atoms with Crippen LogP contribution in [-0.2, 0) is 14.3 Å². The van der Waals surface area contributed by atoms with E-state index in [0.29, 0.717) is 23.7 Å². The molecule has 0 aromatic carbocycles. The molecule has 4 fully saturated rings. The molecule has 1 aliphatic heterocycles. The molecule has 3 nitrogen and oxygen atoms in total. The van der Waals surface area contributed by atoms with Crippen LogP contribution in [0.1, 0.15) is 51.4 Å². The zero-order valence-corrected chi connectivity index (χ0v) is 15.7. The third-order valence-corrected chi connectivity index (χ3v) is 9.48. The van der Waals surface area contributed by atoms with Crippen molar-refractivity contribution in [2.24, 2.45) is 46.8 Å². The van der Waals surface area contributed by atoms with E-state index in [4.69, 9.17) is 4.74 Å². The van der Waals surface area contributed by atoms with Crippen LogP contribution in [-0.4, -0.2) is 11.9 Å². The Balaban J connectivity index is 1.43. The van der Waals surface area contributed by atoms with Gasteiger partial charge in [-0.15, -0.1) is 0 Å². The summed E-state index contributed by atoms with van der Waals surface area (Å²) in [5.41, 5.74) is 4.97. The summed E-state index contributed by atoms with van der Waals surface area (Å²) in [6, 6.07) is 0. The van der Waals surface area contributed by atoms with Crippen LogP contribution in [0.3, 0.4) is 0 Å². The fourth-order valence-electron chi connectivity index (χ4n) is 8.79. The predicted octanol–water partition coefficient (Wildman–Crippen LogP) is 4.35. The highest BCUT2D eigenvalue weighted by Crippen LogP contribution is 2.73. The van der Waals surface area contributed by atoms with Gasteiger partial charge in [0.05, 0.1) is 11.8 Å². The van der Waals surface area contributed by atoms with E-state index in [-0.39, 0.29) is 35.1 Å². The molecule has 0 amide bonds. The smallest absolute Gasteiger partial charge is 0.318 e. The van der Waals surface area contributed by atoms with E-state index in [2.05, 4.69) is 18.2 Å². The van der Waals surface area contributed by atoms with Crippen molar-refractivity contribution < 1.29 is 14.3 Å². The molecular formula is C24H26O3. The van der Waals surface area contributed by atoms with Gasteiger partial charge in [-0.25, -0.2) is 0 Å². The first-order valence-electron chi connectivity index (χ1n) is 11.1. The van der Waals surface area contributed by atoms with Crippen molar-refractivity contribution in [3.8, 4) is 0 Å². The molecule has 0 unspecified atom stereocenters. The highest BCUT2D eigenvalue weighted by atomic mass is 16.6. The highest BCUT2D eigenvalue weighted by molar-refractivity contribution is 5.98. The van der Waals surface area contributed by atoms with E-state index in [1.165, 1.54) is 38.5 Å². The van der Waals surface area contributed by atoms with Crippen molar-refractivity contribution in [3.05, 3.63) is 34.9 Å². The molecule has 8 atom stereocenters. The van der Waals surface area contributed by atoms with Crippen molar-refractivity contribution in [3.63, 3.8) is 0 Å². The molecule has 2 bridgehead atoms. The number of fused-ring (bicyclic) bond motifs is 11. The van der Waals surface area contributed by atoms with E-state index >= 15 is 0 Å². The Morgan fingerprint density at radius 3 is 2.74 bits per heavy atom. The first-order chi connectivity index (χ1) is 13.2. The fraction of sp³-hybridized carbons (Fsp3) is 0.667. The molecule has 0 N–H and O–H groups in total. The van der Waals surface area contributed by atoms with E-state index in [9.17, 15) is 9.59 Å². The number of rotatable bonds is 1. The first-order valence-corrected chi connectivity index (χ1v) is 11.1. The van der Waals surface area contributed by atoms with Crippen LogP contribution >= 0.6 is 0 Å². The van der Waals surface area contributed by atoms with E-state index in [1.807, 2.05) is 0 Å². The maximum Gasteiger partial charge on any atom is 0.318 e. The largest absolute Gasteiger partial charge is 0.393 e. The molecule has 0 aromatic rings. The second-order valence-electron chi connectivity index (χ2n) is 10.1. The van der Waals surface area contributed by atoms with Crippen LogP contribution in [0.15, 0.2) is 34.9 Å². The summed E-state index contributed by atoms with van der Waals surface area (Å²) in [6.45, 7) is 0. The maximum atomic E-state index is 12.9. The molecule has 1 saturated heterocycles. The van der Waals surface area contributed by atoms with Crippen LogP contribution in [0.4, 0.5) is 0 Å². The van der Waals surface area contributed by atoms with Crippen LogP contribution in [0.5, 0.6) is 0 Å². The monoisotopic (exact) mass is 362 g/mol. The summed E-state index contributed by atoms with van der Waals surface area (Å²) < 4.78 is 5.27. The van der Waals surface area contributed by atoms with Gasteiger partial charge >= 0.3 is 11.9 Å². The molecule has 140 valence electrons. The normalized spacial score (nSPS) is 51.4. The molecule has 0 spiro atoms. The van der Waals surface area contributed by atoms with Gasteiger partial charge in [-0.1, -0.05) is 34.9 Å². The van der Waals surface area contributed by atoms with Crippen LogP contribution in [0.25, 0.3) is 0 Å². The summed E-state index contributed by atoms with van der Waals surface area (Å²) in [5, 5.41) is 0. The lowest BCUT2D eigenvalue weighted by Crippen LogP contribution is -2.42. The van der Waals surface area contributed by atoms with Crippen molar-refractivity contribution in [1.29, 1.82) is 0 Å². The lowest BCUT2D eigenvalue weighted by molar-refractivity contribution is -0.154. The molecule has 1 heterocycles. The van der Waals surface area contributed by atoms with Crippen molar-refractivity contribution >= 4 is 11.9 Å². The SMILES string of the molecule is O=C1OC(=O)[C@H]2[C@@H]1[C@H]1C(=C3CCC[C@@H]32)C[C@H]2[C@@H]1[C@@]1(C3=CCCC3)C=C[C@@H]2C1. The number of carbonyl (C=O) groups excluding carboxylic acids is 2. The van der Waals surface area contributed by atoms with Gasteiger partial charge in [0.15, 0.2) is 0 Å². The zero-order chi connectivity index (χ0) is 17.9. The number of carbonyl (C=O) groups is 2. The number of ether oxygens (including phenoxy) is 1. The molecule has 3 heteroatoms. The number of esters is 2. The van der Waals surface area contributed by atoms with Gasteiger partial charge in [0.2, 0.25) is 0 Å². The Kier molecular flexibility index (Phi) is 2.75. The molecule has 0 aromatic heterocycles. The van der Waals surface area contributed by atoms with Gasteiger partial charge in [-0.3, -0.25) is 9.59 Å². The van der Waals surface area contributed by atoms with Crippen LogP contribution in [0, 0.1) is 46.8 Å². The average molecular weight is 362 g/mol. The minimum Gasteiger partial charge on any atom is -0.393 e. The Morgan fingerprint density at radius 1 is 1.00 bits per heavy atom. The number of allylic oxidation sites excluding steroid dienone is 6. The Hall–Kier alpha value is -1.64. The third kappa shape index (κ3) is 1.63. The van der Waals surface area contributed by atoms with Gasteiger partial charge in [0.1, 0.15) is 0 Å². The molecule has 0 radical (unpaired) electrons. The molecule has 7 rings (SSSR count). The Bertz CT molecular complexity index is 876. The average Bonchev–Trinajstić information content (AvgIpc) is 3.46. The van der Waals surface area contributed by atoms with E-state index in [1.54, 1.807) is 16.7 Å². The summed E-state index contributed by atoms with van der Waals surface area (Å²) in [5.74, 6) is 1.62. The van der Waals surface area contributed by atoms with Crippen molar-refractivity contribution in [2.75, 3.05) is 0 Å². The zero-order valence-electron chi connectivity index (χ0n) is 15.7. The Morgan fingerprint density at radius 2 is 1.89 bits per heavy atom. The summed E-state index contributed by atoms with van der Waals surface area (Å²) in [6.07, 6.45) is 17.0. The molecule has 3 saturated carbocycles. The van der Waals surface area contributed by atoms with Gasteiger partial charge in [-0.05, 0) is 81.0 Å². The number of hydrogen-bond acceptors (Lipinski definition) is 3. The topological polar surface area (TPSA) is 43.4 Å². The molecule has 27 heavy (non-hydrogen) atoms. The van der Waals surface area contributed by atoms with Crippen LogP contribution < -0.4 is 0 Å². The van der Waals surface area contributed by atoms with Crippen molar-refractivity contribution in [2.45, 2.75) is 51.4 Å². The van der Waals surface area contributed by atoms with Gasteiger partial charge in [0.25, 0.3) is 0 Å². The number of hydrogen-bond donors (Lipinski definition) is 0. The quantitative estimate of drug-likeness (QED) is 0.396. The molecule has 7 aliphatic rings. The molecule has 6 aliphatic carbocycles. The van der Waals surface area contributed by atoms with Crippen LogP contribution in [0.2, 0.25) is 0 Å². The summed E-state index contributed by atoms with van der Waals surface area (Å²) >= 11 is 0. The fourth-order valence-corrected chi connectivity index (χ4v) is 8.79. The first kappa shape index (κ1) is 15.3. The molecular weight excluding hydrogens is 336 g/mol. The summed E-state index contributed by atoms with van der Waals surface area (Å²) in [7, 11) is 0. The minimum absolute atomic E-state index is 0.167. The predicted molar refractivity (Wildman–Crippen MR) is 99.1 cm³/mol. The van der Waals surface area contributed by atoms with E-state index in [0.717, 1.165) is 12.8 Å². The minimum atomic E-state index is -0.218. The second kappa shape index (κ2) is 4.85. The lowest BCUT2D eigenvalue weighted by atomic mass is 9.58. The van der Waals surface area contributed by atoms with Gasteiger partial charge in [-0.2, -0.15) is 0 Å². The lowest BCUT2D eigenvalue weighted by Gasteiger charge is -2.43. The standard InChI is InChI=1S/C24H26O3/c25-22-19-15-7-3-6-14(15)17-10-16-12-8-9-24(11-12,13-4-1-2-5-13)21(16)18(17)20(19)23(26)27-22/h4,8-9,12,15-16,18-21H,1-3,5-7,10-11H2/t12-,15+,16-,18-,19-,20+,21+,24+/m1/s1. The number of cyclic esters (lactones) is 2. The summed E-state index contributed by atoms with van der Waals surface area (Å²) in [4.78, 5) is 25.5. The van der Waals surface area contributed by atoms with Crippen molar-refractivity contribution in [1.82, 2.24) is 0 Å².